The van der Waals surface area contributed by atoms with Gasteiger partial charge in [-0.1, -0.05) is 51.1 Å². The number of likely N-dealkylation sites (N-methyl/N-ethyl adjacent to an activating group) is 1. The van der Waals surface area contributed by atoms with Crippen LogP contribution in [0.3, 0.4) is 0 Å². The zero-order valence-electron chi connectivity index (χ0n) is 16.6. The standard InChI is InChI=1S/C21H27N3O4/c1-21(2,3)18(20(28)22-4)23-19(27)16(12-17(25)26)24-11-10-15(13-24)14-8-6-5-7-9-14/h5-11,13,16,18H,12H2,1-4H3,(H,22,28)(H,23,27)(H,25,26)/t16?,18-/m1/s1. The van der Waals surface area contributed by atoms with Crippen molar-refractivity contribution >= 4 is 17.8 Å². The molecular weight excluding hydrogens is 358 g/mol. The monoisotopic (exact) mass is 385 g/mol. The van der Waals surface area contributed by atoms with E-state index in [1.807, 2.05) is 57.2 Å². The summed E-state index contributed by atoms with van der Waals surface area (Å²) in [7, 11) is 1.50. The predicted octanol–water partition coefficient (Wildman–Crippen LogP) is 2.45. The van der Waals surface area contributed by atoms with Crippen LogP contribution in [0.15, 0.2) is 48.8 Å². The third kappa shape index (κ3) is 5.22. The number of carboxylic acids is 1. The number of aliphatic carboxylic acids is 1. The van der Waals surface area contributed by atoms with E-state index in [0.29, 0.717) is 0 Å². The highest BCUT2D eigenvalue weighted by molar-refractivity contribution is 5.91. The van der Waals surface area contributed by atoms with Crippen molar-refractivity contribution in [2.45, 2.75) is 39.3 Å². The first kappa shape index (κ1) is 21.2. The summed E-state index contributed by atoms with van der Waals surface area (Å²) in [4.78, 5) is 36.5. The molecule has 2 aromatic rings. The molecule has 0 aliphatic heterocycles. The minimum atomic E-state index is -1.10. The molecule has 0 aliphatic carbocycles. The van der Waals surface area contributed by atoms with Crippen molar-refractivity contribution in [1.82, 2.24) is 15.2 Å². The van der Waals surface area contributed by atoms with Gasteiger partial charge in [0.1, 0.15) is 12.1 Å². The molecule has 1 heterocycles. The summed E-state index contributed by atoms with van der Waals surface area (Å²) in [6, 6.07) is 9.68. The van der Waals surface area contributed by atoms with E-state index in [2.05, 4.69) is 10.6 Å². The van der Waals surface area contributed by atoms with Crippen LogP contribution in [0.1, 0.15) is 33.2 Å². The van der Waals surface area contributed by atoms with E-state index in [4.69, 9.17) is 0 Å². The number of nitrogens with one attached hydrogen (secondary N) is 2. The Morgan fingerprint density at radius 3 is 2.21 bits per heavy atom. The lowest BCUT2D eigenvalue weighted by Crippen LogP contribution is -2.54. The maximum Gasteiger partial charge on any atom is 0.306 e. The van der Waals surface area contributed by atoms with Crippen molar-refractivity contribution in [2.24, 2.45) is 5.41 Å². The molecule has 7 heteroatoms. The predicted molar refractivity (Wildman–Crippen MR) is 107 cm³/mol. The summed E-state index contributed by atoms with van der Waals surface area (Å²) in [5.74, 6) is -1.93. The van der Waals surface area contributed by atoms with E-state index in [0.717, 1.165) is 11.1 Å². The fraction of sp³-hybridized carbons (Fsp3) is 0.381. The molecule has 0 saturated heterocycles. The molecule has 28 heavy (non-hydrogen) atoms. The number of nitrogens with zero attached hydrogens (tertiary/aromatic N) is 1. The molecule has 3 N–H and O–H groups in total. The Labute approximate surface area is 164 Å². The summed E-state index contributed by atoms with van der Waals surface area (Å²) in [6.07, 6.45) is 3.04. The third-order valence-electron chi connectivity index (χ3n) is 4.51. The maximum atomic E-state index is 12.9. The Morgan fingerprint density at radius 1 is 1.04 bits per heavy atom. The average molecular weight is 385 g/mol. The van der Waals surface area contributed by atoms with Gasteiger partial charge in [-0.2, -0.15) is 0 Å². The van der Waals surface area contributed by atoms with E-state index < -0.39 is 29.4 Å². The van der Waals surface area contributed by atoms with Gasteiger partial charge in [0.25, 0.3) is 0 Å². The topological polar surface area (TPSA) is 100 Å². The summed E-state index contributed by atoms with van der Waals surface area (Å²) in [5, 5.41) is 14.6. The zero-order valence-corrected chi connectivity index (χ0v) is 16.6. The molecule has 7 nitrogen and oxygen atoms in total. The summed E-state index contributed by atoms with van der Waals surface area (Å²) in [6.45, 7) is 5.51. The fourth-order valence-corrected chi connectivity index (χ4v) is 2.97. The van der Waals surface area contributed by atoms with Crippen LogP contribution in [0.4, 0.5) is 0 Å². The van der Waals surface area contributed by atoms with Crippen molar-refractivity contribution in [3.63, 3.8) is 0 Å². The van der Waals surface area contributed by atoms with Gasteiger partial charge in [0, 0.05) is 19.4 Å². The first-order valence-corrected chi connectivity index (χ1v) is 9.10. The molecular formula is C21H27N3O4. The molecule has 0 saturated carbocycles. The summed E-state index contributed by atoms with van der Waals surface area (Å²) < 4.78 is 1.58. The Morgan fingerprint density at radius 2 is 1.68 bits per heavy atom. The Bertz CT molecular complexity index is 837. The first-order chi connectivity index (χ1) is 13.1. The molecule has 2 rings (SSSR count). The van der Waals surface area contributed by atoms with Gasteiger partial charge in [-0.25, -0.2) is 0 Å². The van der Waals surface area contributed by atoms with Gasteiger partial charge in [0.05, 0.1) is 6.42 Å². The average Bonchev–Trinajstić information content (AvgIpc) is 3.12. The molecule has 1 aromatic carbocycles. The SMILES string of the molecule is CNC(=O)[C@@H](NC(=O)C(CC(=O)O)n1ccc(-c2ccccc2)c1)C(C)(C)C. The van der Waals surface area contributed by atoms with E-state index in [9.17, 15) is 19.5 Å². The quantitative estimate of drug-likeness (QED) is 0.681. The lowest BCUT2D eigenvalue weighted by atomic mass is 9.86. The number of rotatable bonds is 7. The van der Waals surface area contributed by atoms with Crippen LogP contribution in [0, 0.1) is 5.41 Å². The lowest BCUT2D eigenvalue weighted by molar-refractivity contribution is -0.141. The highest BCUT2D eigenvalue weighted by Gasteiger charge is 2.35. The second kappa shape index (κ2) is 8.73. The number of carboxylic acid groups (broad SMARTS) is 1. The molecule has 150 valence electrons. The lowest BCUT2D eigenvalue weighted by Gasteiger charge is -2.31. The number of carbonyl (C=O) groups is 3. The van der Waals surface area contributed by atoms with Crippen molar-refractivity contribution in [2.75, 3.05) is 7.05 Å². The van der Waals surface area contributed by atoms with Crippen molar-refractivity contribution < 1.29 is 19.5 Å². The highest BCUT2D eigenvalue weighted by atomic mass is 16.4. The number of benzene rings is 1. The first-order valence-electron chi connectivity index (χ1n) is 9.10. The van der Waals surface area contributed by atoms with E-state index in [1.54, 1.807) is 17.0 Å². The highest BCUT2D eigenvalue weighted by Crippen LogP contribution is 2.24. The number of aromatic nitrogens is 1. The van der Waals surface area contributed by atoms with Gasteiger partial charge in [0.15, 0.2) is 0 Å². The fourth-order valence-electron chi connectivity index (χ4n) is 2.97. The van der Waals surface area contributed by atoms with E-state index >= 15 is 0 Å². The number of hydrogen-bond donors (Lipinski definition) is 3. The Balaban J connectivity index is 2.30. The minimum absolute atomic E-state index is 0.326. The van der Waals surface area contributed by atoms with Gasteiger partial charge in [-0.15, -0.1) is 0 Å². The van der Waals surface area contributed by atoms with Gasteiger partial charge < -0.3 is 20.3 Å². The summed E-state index contributed by atoms with van der Waals surface area (Å²) >= 11 is 0. The van der Waals surface area contributed by atoms with Crippen LogP contribution < -0.4 is 10.6 Å². The Kier molecular flexibility index (Phi) is 6.62. The largest absolute Gasteiger partial charge is 0.481 e. The van der Waals surface area contributed by atoms with Crippen LogP contribution in [0.25, 0.3) is 11.1 Å². The minimum Gasteiger partial charge on any atom is -0.481 e. The molecule has 2 atom stereocenters. The Hall–Kier alpha value is -3.09. The van der Waals surface area contributed by atoms with Gasteiger partial charge in [-0.3, -0.25) is 14.4 Å². The van der Waals surface area contributed by atoms with Crippen LogP contribution >= 0.6 is 0 Å². The van der Waals surface area contributed by atoms with Crippen LogP contribution in [0.5, 0.6) is 0 Å². The molecule has 0 bridgehead atoms. The molecule has 0 spiro atoms. The number of carbonyl (C=O) groups excluding carboxylic acids is 2. The van der Waals surface area contributed by atoms with Crippen LogP contribution in [-0.4, -0.2) is 40.5 Å². The van der Waals surface area contributed by atoms with Crippen molar-refractivity contribution in [3.05, 3.63) is 48.8 Å². The summed E-state index contributed by atoms with van der Waals surface area (Å²) in [5.41, 5.74) is 1.31. The van der Waals surface area contributed by atoms with Gasteiger partial charge in [-0.05, 0) is 22.6 Å². The molecule has 2 amide bonds. The third-order valence-corrected chi connectivity index (χ3v) is 4.51. The number of hydrogen-bond acceptors (Lipinski definition) is 3. The van der Waals surface area contributed by atoms with Crippen molar-refractivity contribution in [1.29, 1.82) is 0 Å². The molecule has 1 unspecified atom stereocenters. The zero-order chi connectivity index (χ0) is 20.9. The molecule has 0 aliphatic rings. The van der Waals surface area contributed by atoms with Crippen molar-refractivity contribution in [3.8, 4) is 11.1 Å². The van der Waals surface area contributed by atoms with E-state index in [1.165, 1.54) is 7.05 Å². The second-order valence-corrected chi connectivity index (χ2v) is 7.75. The normalized spacial score (nSPS) is 13.4. The van der Waals surface area contributed by atoms with Gasteiger partial charge in [0.2, 0.25) is 11.8 Å². The molecule has 0 radical (unpaired) electrons. The van der Waals surface area contributed by atoms with E-state index in [-0.39, 0.29) is 12.3 Å². The second-order valence-electron chi connectivity index (χ2n) is 7.75. The van der Waals surface area contributed by atoms with Crippen LogP contribution in [-0.2, 0) is 14.4 Å². The maximum absolute atomic E-state index is 12.9. The molecule has 0 fully saturated rings. The molecule has 1 aromatic heterocycles. The van der Waals surface area contributed by atoms with Crippen LogP contribution in [0.2, 0.25) is 0 Å². The smallest absolute Gasteiger partial charge is 0.306 e. The van der Waals surface area contributed by atoms with Gasteiger partial charge >= 0.3 is 5.97 Å². The number of amides is 2.